The van der Waals surface area contributed by atoms with Gasteiger partial charge in [0.05, 0.1) is 15.9 Å². The number of para-hydroxylation sites is 2. The summed E-state index contributed by atoms with van der Waals surface area (Å²) in [6.45, 7) is 0. The molecule has 1 aromatic heterocycles. The zero-order valence-corrected chi connectivity index (χ0v) is 9.32. The van der Waals surface area contributed by atoms with Crippen LogP contribution in [-0.4, -0.2) is 4.98 Å². The minimum Gasteiger partial charge on any atom is -0.220 e. The summed E-state index contributed by atoms with van der Waals surface area (Å²) in [5.74, 6) is 0. The number of thiazole rings is 1. The maximum atomic E-state index is 4.49. The molecule has 3 rings (SSSR count). The third-order valence-electron chi connectivity index (χ3n) is 2.26. The lowest BCUT2D eigenvalue weighted by Gasteiger charge is -1.95. The van der Waals surface area contributed by atoms with Gasteiger partial charge in [-0.15, -0.1) is 0 Å². The fourth-order valence-corrected chi connectivity index (χ4v) is 2.38. The Labute approximate surface area is 97.6 Å². The van der Waals surface area contributed by atoms with E-state index in [9.17, 15) is 0 Å². The average molecular weight is 225 g/mol. The Kier molecular flexibility index (Phi) is 2.31. The van der Waals surface area contributed by atoms with Gasteiger partial charge in [0, 0.05) is 0 Å². The molecule has 3 heteroatoms. The second kappa shape index (κ2) is 3.94. The third-order valence-corrected chi connectivity index (χ3v) is 3.19. The van der Waals surface area contributed by atoms with Crippen molar-refractivity contribution in [2.45, 2.75) is 0 Å². The van der Waals surface area contributed by atoms with E-state index >= 15 is 0 Å². The number of aromatic nitrogens is 1. The van der Waals surface area contributed by atoms with Crippen molar-refractivity contribution in [2.24, 2.45) is 0 Å². The summed E-state index contributed by atoms with van der Waals surface area (Å²) < 4.78 is 1.18. The highest BCUT2D eigenvalue weighted by Gasteiger charge is 2.03. The van der Waals surface area contributed by atoms with Crippen LogP contribution >= 0.6 is 11.3 Å². The van der Waals surface area contributed by atoms with Gasteiger partial charge in [0.2, 0.25) is 5.13 Å². The zero-order chi connectivity index (χ0) is 10.8. The number of rotatable bonds is 2. The maximum absolute atomic E-state index is 4.49. The van der Waals surface area contributed by atoms with Gasteiger partial charge in [0.25, 0.3) is 0 Å². The first-order chi connectivity index (χ1) is 7.92. The van der Waals surface area contributed by atoms with Gasteiger partial charge in [-0.05, 0) is 24.3 Å². The van der Waals surface area contributed by atoms with Crippen molar-refractivity contribution >= 4 is 32.4 Å². The highest BCUT2D eigenvalue weighted by atomic mass is 32.1. The molecular weight excluding hydrogens is 216 g/mol. The molecule has 1 radical (unpaired) electrons. The summed E-state index contributed by atoms with van der Waals surface area (Å²) in [5, 5.41) is 5.30. The molecule has 16 heavy (non-hydrogen) atoms. The monoisotopic (exact) mass is 225 g/mol. The van der Waals surface area contributed by atoms with Gasteiger partial charge in [0.1, 0.15) is 0 Å². The lowest BCUT2D eigenvalue weighted by Crippen LogP contribution is -1.85. The Morgan fingerprint density at radius 3 is 2.44 bits per heavy atom. The lowest BCUT2D eigenvalue weighted by atomic mass is 10.3. The number of benzene rings is 2. The van der Waals surface area contributed by atoms with Crippen molar-refractivity contribution in [3.8, 4) is 0 Å². The van der Waals surface area contributed by atoms with Crippen molar-refractivity contribution in [1.82, 2.24) is 10.3 Å². The van der Waals surface area contributed by atoms with E-state index in [4.69, 9.17) is 0 Å². The van der Waals surface area contributed by atoms with Gasteiger partial charge in [0.15, 0.2) is 0 Å². The SMILES string of the molecule is c1ccc([N]c2nc3ccccc3s2)cc1. The molecule has 3 aromatic rings. The van der Waals surface area contributed by atoms with E-state index in [0.717, 1.165) is 16.3 Å². The topological polar surface area (TPSA) is 27.0 Å². The van der Waals surface area contributed by atoms with Gasteiger partial charge >= 0.3 is 0 Å². The summed E-state index contributed by atoms with van der Waals surface area (Å²) >= 11 is 1.61. The molecule has 0 aliphatic heterocycles. The van der Waals surface area contributed by atoms with E-state index in [1.807, 2.05) is 48.5 Å². The smallest absolute Gasteiger partial charge is 0.210 e. The van der Waals surface area contributed by atoms with Crippen LogP contribution in [0, 0.1) is 0 Å². The molecule has 0 aliphatic rings. The Bertz CT molecular complexity index is 568. The molecule has 0 amide bonds. The first-order valence-electron chi connectivity index (χ1n) is 5.04. The fraction of sp³-hybridized carbons (Fsp3) is 0. The lowest BCUT2D eigenvalue weighted by molar-refractivity contribution is 1.16. The van der Waals surface area contributed by atoms with Crippen molar-refractivity contribution < 1.29 is 0 Å². The Hall–Kier alpha value is -1.87. The Morgan fingerprint density at radius 1 is 0.875 bits per heavy atom. The van der Waals surface area contributed by atoms with Crippen LogP contribution < -0.4 is 5.32 Å². The minimum absolute atomic E-state index is 0.812. The van der Waals surface area contributed by atoms with E-state index < -0.39 is 0 Å². The summed E-state index contributed by atoms with van der Waals surface area (Å²) in [4.78, 5) is 4.46. The summed E-state index contributed by atoms with van der Waals surface area (Å²) in [6.07, 6.45) is 0. The van der Waals surface area contributed by atoms with Crippen LogP contribution in [0.4, 0.5) is 10.8 Å². The van der Waals surface area contributed by atoms with Crippen LogP contribution in [0.5, 0.6) is 0 Å². The van der Waals surface area contributed by atoms with Crippen molar-refractivity contribution in [3.63, 3.8) is 0 Å². The van der Waals surface area contributed by atoms with Crippen LogP contribution in [0.1, 0.15) is 0 Å². The predicted octanol–water partition coefficient (Wildman–Crippen LogP) is 3.86. The summed E-state index contributed by atoms with van der Waals surface area (Å²) in [5.41, 5.74) is 1.96. The van der Waals surface area contributed by atoms with Crippen LogP contribution in [0.15, 0.2) is 54.6 Å². The highest BCUT2D eigenvalue weighted by molar-refractivity contribution is 7.21. The first-order valence-corrected chi connectivity index (χ1v) is 5.86. The first kappa shape index (κ1) is 9.36. The van der Waals surface area contributed by atoms with Crippen molar-refractivity contribution in [1.29, 1.82) is 0 Å². The van der Waals surface area contributed by atoms with Crippen molar-refractivity contribution in [2.75, 3.05) is 0 Å². The van der Waals surface area contributed by atoms with E-state index in [2.05, 4.69) is 16.4 Å². The van der Waals surface area contributed by atoms with Crippen LogP contribution in [0.25, 0.3) is 10.2 Å². The van der Waals surface area contributed by atoms with Crippen LogP contribution in [-0.2, 0) is 0 Å². The molecule has 0 unspecified atom stereocenters. The van der Waals surface area contributed by atoms with E-state index in [1.165, 1.54) is 4.70 Å². The molecule has 77 valence electrons. The van der Waals surface area contributed by atoms with E-state index in [-0.39, 0.29) is 0 Å². The number of hydrogen-bond acceptors (Lipinski definition) is 2. The normalized spacial score (nSPS) is 10.5. The van der Waals surface area contributed by atoms with Gasteiger partial charge in [-0.25, -0.2) is 10.3 Å². The standard InChI is InChI=1S/C13H9N2S/c1-2-6-10(7-3-1)14-13-15-11-8-4-5-9-12(11)16-13/h1-9H. The predicted molar refractivity (Wildman–Crippen MR) is 67.5 cm³/mol. The second-order valence-electron chi connectivity index (χ2n) is 3.41. The third kappa shape index (κ3) is 1.77. The molecule has 0 saturated heterocycles. The summed E-state index contributed by atoms with van der Waals surface area (Å²) in [7, 11) is 0. The number of hydrogen-bond donors (Lipinski definition) is 0. The molecule has 2 aromatic carbocycles. The molecule has 0 aliphatic carbocycles. The largest absolute Gasteiger partial charge is 0.220 e. The molecule has 0 atom stereocenters. The van der Waals surface area contributed by atoms with Crippen LogP contribution in [0.2, 0.25) is 0 Å². The van der Waals surface area contributed by atoms with Gasteiger partial charge in [-0.3, -0.25) is 0 Å². The second-order valence-corrected chi connectivity index (χ2v) is 4.42. The van der Waals surface area contributed by atoms with Gasteiger partial charge in [-0.2, -0.15) is 0 Å². The number of fused-ring (bicyclic) bond motifs is 1. The quantitative estimate of drug-likeness (QED) is 0.650. The zero-order valence-electron chi connectivity index (χ0n) is 8.50. The molecule has 0 saturated carbocycles. The highest BCUT2D eigenvalue weighted by Crippen LogP contribution is 2.27. The fourth-order valence-electron chi connectivity index (χ4n) is 1.52. The number of nitrogens with zero attached hydrogens (tertiary/aromatic N) is 2. The van der Waals surface area contributed by atoms with Gasteiger partial charge < -0.3 is 0 Å². The Morgan fingerprint density at radius 2 is 1.62 bits per heavy atom. The average Bonchev–Trinajstić information content (AvgIpc) is 2.72. The van der Waals surface area contributed by atoms with Crippen molar-refractivity contribution in [3.05, 3.63) is 54.6 Å². The molecular formula is C13H9N2S. The van der Waals surface area contributed by atoms with Gasteiger partial charge in [-0.1, -0.05) is 41.7 Å². The molecule has 2 nitrogen and oxygen atoms in total. The molecule has 0 N–H and O–H groups in total. The molecule has 0 fully saturated rings. The molecule has 0 bridgehead atoms. The molecule has 0 spiro atoms. The summed E-state index contributed by atoms with van der Waals surface area (Å²) in [6, 6.07) is 18.0. The van der Waals surface area contributed by atoms with Crippen LogP contribution in [0.3, 0.4) is 0 Å². The van der Waals surface area contributed by atoms with E-state index in [0.29, 0.717) is 0 Å². The maximum Gasteiger partial charge on any atom is 0.210 e. The minimum atomic E-state index is 0.812. The van der Waals surface area contributed by atoms with E-state index in [1.54, 1.807) is 11.3 Å². The molecule has 1 heterocycles. The Balaban J connectivity index is 1.95.